The molecule has 2 heterocycles. The van der Waals surface area contributed by atoms with Gasteiger partial charge in [-0.25, -0.2) is 0 Å². The summed E-state index contributed by atoms with van der Waals surface area (Å²) < 4.78 is 5.35. The topological polar surface area (TPSA) is 45.6 Å². The summed E-state index contributed by atoms with van der Waals surface area (Å²) in [7, 11) is 1.66. The molecule has 1 aliphatic heterocycles. The average molecular weight is 342 g/mol. The third-order valence-corrected chi connectivity index (χ3v) is 6.00. The molecule has 4 nitrogen and oxygen atoms in total. The standard InChI is InChI=1S/C21H30N2O2/c1-5-16-13-23(11-9-14(16)2)15(3)21(24)18-8-10-22-20-7-6-17(25-4)12-19(18)20/h6-8,10,12,14-16,21,24H,5,9,11,13H2,1-4H3/t14?,15?,16?,21-/m1/s1. The molecule has 1 saturated heterocycles. The normalized spacial score (nSPS) is 24.2. The molecular formula is C21H30N2O2. The molecule has 0 radical (unpaired) electrons. The number of fused-ring (bicyclic) bond motifs is 1. The zero-order chi connectivity index (χ0) is 18.0. The molecule has 0 amide bonds. The van der Waals surface area contributed by atoms with Gasteiger partial charge < -0.3 is 9.84 Å². The molecule has 4 heteroatoms. The number of pyridine rings is 1. The number of hydrogen-bond donors (Lipinski definition) is 1. The van der Waals surface area contributed by atoms with Crippen LogP contribution in [0.3, 0.4) is 0 Å². The van der Waals surface area contributed by atoms with Crippen molar-refractivity contribution in [2.75, 3.05) is 20.2 Å². The van der Waals surface area contributed by atoms with Gasteiger partial charge in [0.25, 0.3) is 0 Å². The van der Waals surface area contributed by atoms with Crippen LogP contribution in [0.2, 0.25) is 0 Å². The van der Waals surface area contributed by atoms with Crippen molar-refractivity contribution < 1.29 is 9.84 Å². The maximum Gasteiger partial charge on any atom is 0.119 e. The lowest BCUT2D eigenvalue weighted by molar-refractivity contribution is 0.0184. The number of likely N-dealkylation sites (tertiary alicyclic amines) is 1. The van der Waals surface area contributed by atoms with Gasteiger partial charge in [-0.3, -0.25) is 9.88 Å². The van der Waals surface area contributed by atoms with Crippen LogP contribution in [0.25, 0.3) is 10.9 Å². The van der Waals surface area contributed by atoms with Gasteiger partial charge in [0, 0.05) is 24.2 Å². The number of methoxy groups -OCH3 is 1. The van der Waals surface area contributed by atoms with Crippen molar-refractivity contribution in [3.05, 3.63) is 36.0 Å². The van der Waals surface area contributed by atoms with E-state index in [9.17, 15) is 5.11 Å². The van der Waals surface area contributed by atoms with Crippen LogP contribution in [0.5, 0.6) is 5.75 Å². The summed E-state index contributed by atoms with van der Waals surface area (Å²) in [5.74, 6) is 2.29. The van der Waals surface area contributed by atoms with Crippen molar-refractivity contribution in [2.45, 2.75) is 45.8 Å². The minimum Gasteiger partial charge on any atom is -0.497 e. The van der Waals surface area contributed by atoms with Crippen LogP contribution in [-0.4, -0.2) is 41.2 Å². The van der Waals surface area contributed by atoms with Gasteiger partial charge in [0.05, 0.1) is 18.7 Å². The Morgan fingerprint density at radius 1 is 1.36 bits per heavy atom. The van der Waals surface area contributed by atoms with Crippen LogP contribution >= 0.6 is 0 Å². The maximum atomic E-state index is 11.1. The molecule has 136 valence electrons. The number of ether oxygens (including phenoxy) is 1. The fraction of sp³-hybridized carbons (Fsp3) is 0.571. The predicted molar refractivity (Wildman–Crippen MR) is 102 cm³/mol. The molecule has 2 aromatic rings. The third-order valence-electron chi connectivity index (χ3n) is 6.00. The highest BCUT2D eigenvalue weighted by atomic mass is 16.5. The van der Waals surface area contributed by atoms with Crippen molar-refractivity contribution in [3.63, 3.8) is 0 Å². The molecule has 1 aromatic heterocycles. The molecule has 1 aliphatic rings. The summed E-state index contributed by atoms with van der Waals surface area (Å²) in [4.78, 5) is 6.88. The Kier molecular flexibility index (Phi) is 5.60. The average Bonchev–Trinajstić information content (AvgIpc) is 2.66. The molecule has 3 unspecified atom stereocenters. The molecular weight excluding hydrogens is 312 g/mol. The van der Waals surface area contributed by atoms with E-state index in [2.05, 4.69) is 30.7 Å². The number of aliphatic hydroxyl groups excluding tert-OH is 1. The molecule has 1 fully saturated rings. The van der Waals surface area contributed by atoms with Gasteiger partial charge in [-0.05, 0) is 61.6 Å². The van der Waals surface area contributed by atoms with Gasteiger partial charge in [-0.2, -0.15) is 0 Å². The molecule has 25 heavy (non-hydrogen) atoms. The fourth-order valence-corrected chi connectivity index (χ4v) is 4.07. The van der Waals surface area contributed by atoms with E-state index < -0.39 is 6.10 Å². The molecule has 0 aliphatic carbocycles. The Bertz CT molecular complexity index is 718. The quantitative estimate of drug-likeness (QED) is 0.891. The lowest BCUT2D eigenvalue weighted by Gasteiger charge is -2.41. The Hall–Kier alpha value is -1.65. The third kappa shape index (κ3) is 3.65. The number of rotatable bonds is 5. The summed E-state index contributed by atoms with van der Waals surface area (Å²) in [5.41, 5.74) is 1.83. The van der Waals surface area contributed by atoms with Crippen molar-refractivity contribution in [1.82, 2.24) is 9.88 Å². The van der Waals surface area contributed by atoms with Crippen LogP contribution < -0.4 is 4.74 Å². The number of nitrogens with zero attached hydrogens (tertiary/aromatic N) is 2. The summed E-state index contributed by atoms with van der Waals surface area (Å²) in [6.45, 7) is 8.90. The van der Waals surface area contributed by atoms with Gasteiger partial charge in [-0.1, -0.05) is 20.3 Å². The van der Waals surface area contributed by atoms with Crippen molar-refractivity contribution in [3.8, 4) is 5.75 Å². The molecule has 1 aromatic carbocycles. The molecule has 0 saturated carbocycles. The van der Waals surface area contributed by atoms with E-state index in [1.54, 1.807) is 13.3 Å². The number of benzene rings is 1. The molecule has 1 N–H and O–H groups in total. The van der Waals surface area contributed by atoms with Gasteiger partial charge >= 0.3 is 0 Å². The number of piperidine rings is 1. The summed E-state index contributed by atoms with van der Waals surface area (Å²) in [5, 5.41) is 12.1. The minimum absolute atomic E-state index is 0.0818. The summed E-state index contributed by atoms with van der Waals surface area (Å²) >= 11 is 0. The van der Waals surface area contributed by atoms with Gasteiger partial charge in [0.15, 0.2) is 0 Å². The molecule has 0 bridgehead atoms. The smallest absolute Gasteiger partial charge is 0.119 e. The van der Waals surface area contributed by atoms with E-state index in [4.69, 9.17) is 4.74 Å². The van der Waals surface area contributed by atoms with Crippen molar-refractivity contribution >= 4 is 10.9 Å². The van der Waals surface area contributed by atoms with Gasteiger partial charge in [-0.15, -0.1) is 0 Å². The zero-order valence-electron chi connectivity index (χ0n) is 15.8. The van der Waals surface area contributed by atoms with E-state index in [0.29, 0.717) is 0 Å². The highest BCUT2D eigenvalue weighted by Gasteiger charge is 2.31. The highest BCUT2D eigenvalue weighted by Crippen LogP contribution is 2.33. The number of aliphatic hydroxyl groups is 1. The second-order valence-corrected chi connectivity index (χ2v) is 7.40. The second kappa shape index (κ2) is 7.71. The Morgan fingerprint density at radius 2 is 2.16 bits per heavy atom. The van der Waals surface area contributed by atoms with Crippen LogP contribution in [-0.2, 0) is 0 Å². The number of hydrogen-bond acceptors (Lipinski definition) is 4. The first kappa shape index (κ1) is 18.2. The monoisotopic (exact) mass is 342 g/mol. The lowest BCUT2D eigenvalue weighted by Crippen LogP contribution is -2.46. The lowest BCUT2D eigenvalue weighted by atomic mass is 9.84. The van der Waals surface area contributed by atoms with Crippen LogP contribution in [0.1, 0.15) is 45.3 Å². The first-order valence-electron chi connectivity index (χ1n) is 9.39. The summed E-state index contributed by atoms with van der Waals surface area (Å²) in [6, 6.07) is 7.85. The maximum absolute atomic E-state index is 11.1. The van der Waals surface area contributed by atoms with E-state index in [0.717, 1.165) is 47.1 Å². The zero-order valence-corrected chi connectivity index (χ0v) is 15.8. The van der Waals surface area contributed by atoms with Crippen LogP contribution in [0.4, 0.5) is 0 Å². The van der Waals surface area contributed by atoms with E-state index in [-0.39, 0.29) is 6.04 Å². The Balaban J connectivity index is 1.87. The van der Waals surface area contributed by atoms with Crippen molar-refractivity contribution in [2.24, 2.45) is 11.8 Å². The van der Waals surface area contributed by atoms with E-state index >= 15 is 0 Å². The predicted octanol–water partition coefficient (Wildman–Crippen LogP) is 4.03. The molecule has 0 spiro atoms. The molecule has 4 atom stereocenters. The first-order valence-corrected chi connectivity index (χ1v) is 9.39. The van der Waals surface area contributed by atoms with Crippen LogP contribution in [0.15, 0.2) is 30.5 Å². The second-order valence-electron chi connectivity index (χ2n) is 7.40. The minimum atomic E-state index is -0.538. The Labute approximate surface area is 150 Å². The highest BCUT2D eigenvalue weighted by molar-refractivity contribution is 5.83. The van der Waals surface area contributed by atoms with E-state index in [1.807, 2.05) is 24.3 Å². The first-order chi connectivity index (χ1) is 12.0. The van der Waals surface area contributed by atoms with Crippen LogP contribution in [0, 0.1) is 11.8 Å². The van der Waals surface area contributed by atoms with E-state index in [1.165, 1.54) is 12.8 Å². The van der Waals surface area contributed by atoms with Gasteiger partial charge in [0.1, 0.15) is 5.75 Å². The SMILES string of the molecule is CCC1CN(C(C)[C@@H](O)c2ccnc3ccc(OC)cc23)CCC1C. The largest absolute Gasteiger partial charge is 0.497 e. The van der Waals surface area contributed by atoms with Gasteiger partial charge in [0.2, 0.25) is 0 Å². The fourth-order valence-electron chi connectivity index (χ4n) is 4.07. The summed E-state index contributed by atoms with van der Waals surface area (Å²) in [6.07, 6.45) is 3.66. The van der Waals surface area contributed by atoms with Crippen molar-refractivity contribution in [1.29, 1.82) is 0 Å². The number of aromatic nitrogens is 1. The Morgan fingerprint density at radius 3 is 2.88 bits per heavy atom. The molecule has 3 rings (SSSR count).